The average molecular weight is 213 g/mol. The van der Waals surface area contributed by atoms with E-state index >= 15 is 0 Å². The van der Waals surface area contributed by atoms with Crippen molar-refractivity contribution in [2.24, 2.45) is 23.0 Å². The van der Waals surface area contributed by atoms with Crippen molar-refractivity contribution in [2.45, 2.75) is 46.0 Å². The number of hydrogen-bond acceptors (Lipinski definition) is 2. The third-order valence-corrected chi connectivity index (χ3v) is 3.87. The molecule has 0 aromatic carbocycles. The number of hydrogen-bond donors (Lipinski definition) is 2. The second-order valence-corrected chi connectivity index (χ2v) is 5.21. The smallest absolute Gasteiger partial charge is 0.303 e. The highest BCUT2D eigenvalue weighted by atomic mass is 16.4. The van der Waals surface area contributed by atoms with Gasteiger partial charge in [0.25, 0.3) is 0 Å². The van der Waals surface area contributed by atoms with Crippen LogP contribution in [0, 0.1) is 17.3 Å². The first kappa shape index (κ1) is 12.5. The molecule has 0 amide bonds. The first-order chi connectivity index (χ1) is 7.03. The molecule has 3 heteroatoms. The van der Waals surface area contributed by atoms with Crippen LogP contribution >= 0.6 is 0 Å². The maximum atomic E-state index is 10.8. The second-order valence-electron chi connectivity index (χ2n) is 5.21. The van der Waals surface area contributed by atoms with E-state index in [4.69, 9.17) is 10.8 Å². The van der Waals surface area contributed by atoms with E-state index in [1.54, 1.807) is 0 Å². The van der Waals surface area contributed by atoms with E-state index in [0.29, 0.717) is 18.4 Å². The van der Waals surface area contributed by atoms with Crippen LogP contribution in [0.25, 0.3) is 0 Å². The minimum absolute atomic E-state index is 0.120. The molecule has 1 rings (SSSR count). The van der Waals surface area contributed by atoms with Gasteiger partial charge < -0.3 is 10.8 Å². The van der Waals surface area contributed by atoms with Gasteiger partial charge in [-0.15, -0.1) is 0 Å². The van der Waals surface area contributed by atoms with Crippen molar-refractivity contribution in [3.05, 3.63) is 0 Å². The summed E-state index contributed by atoms with van der Waals surface area (Å²) in [7, 11) is 0. The average Bonchev–Trinajstić information content (AvgIpc) is 2.44. The van der Waals surface area contributed by atoms with Crippen LogP contribution in [0.4, 0.5) is 0 Å². The molecular weight excluding hydrogens is 190 g/mol. The van der Waals surface area contributed by atoms with Gasteiger partial charge in [-0.3, -0.25) is 4.79 Å². The summed E-state index contributed by atoms with van der Waals surface area (Å²) in [6.45, 7) is 4.94. The quantitative estimate of drug-likeness (QED) is 0.736. The molecule has 0 radical (unpaired) electrons. The topological polar surface area (TPSA) is 63.3 Å². The van der Waals surface area contributed by atoms with Crippen molar-refractivity contribution in [3.63, 3.8) is 0 Å². The van der Waals surface area contributed by atoms with Crippen LogP contribution in [-0.4, -0.2) is 17.6 Å². The Bertz CT molecular complexity index is 230. The van der Waals surface area contributed by atoms with Gasteiger partial charge in [-0.2, -0.15) is 0 Å². The Morgan fingerprint density at radius 2 is 2.20 bits per heavy atom. The molecule has 88 valence electrons. The Balaban J connectivity index is 2.65. The summed E-state index contributed by atoms with van der Waals surface area (Å²) in [6, 6.07) is 0. The molecular formula is C12H23NO2. The highest BCUT2D eigenvalue weighted by Crippen LogP contribution is 2.48. The Labute approximate surface area is 92.0 Å². The van der Waals surface area contributed by atoms with Crippen molar-refractivity contribution in [1.29, 1.82) is 0 Å². The number of nitrogens with two attached hydrogens (primary N) is 1. The molecule has 0 aromatic heterocycles. The molecule has 3 nitrogen and oxygen atoms in total. The summed E-state index contributed by atoms with van der Waals surface area (Å²) in [5.74, 6) is 0.607. The van der Waals surface area contributed by atoms with Gasteiger partial charge in [0.15, 0.2) is 0 Å². The third-order valence-electron chi connectivity index (χ3n) is 3.87. The first-order valence-electron chi connectivity index (χ1n) is 5.95. The Kier molecular flexibility index (Phi) is 4.14. The molecule has 0 bridgehead atoms. The van der Waals surface area contributed by atoms with E-state index in [1.165, 1.54) is 12.8 Å². The monoisotopic (exact) mass is 213 g/mol. The predicted molar refractivity (Wildman–Crippen MR) is 60.5 cm³/mol. The highest BCUT2D eigenvalue weighted by Gasteiger charge is 2.43. The molecule has 0 aliphatic heterocycles. The maximum absolute atomic E-state index is 10.8. The van der Waals surface area contributed by atoms with Gasteiger partial charge in [0.05, 0.1) is 6.42 Å². The van der Waals surface area contributed by atoms with Crippen molar-refractivity contribution in [1.82, 2.24) is 0 Å². The van der Waals surface area contributed by atoms with Gasteiger partial charge in [0.2, 0.25) is 0 Å². The summed E-state index contributed by atoms with van der Waals surface area (Å²) in [5, 5.41) is 8.92. The molecule has 0 heterocycles. The number of carbonyl (C=O) groups is 1. The molecule has 1 aliphatic rings. The van der Waals surface area contributed by atoms with Gasteiger partial charge in [-0.25, -0.2) is 0 Å². The summed E-state index contributed by atoms with van der Waals surface area (Å²) in [5.41, 5.74) is 5.65. The van der Waals surface area contributed by atoms with Gasteiger partial charge in [0.1, 0.15) is 0 Å². The van der Waals surface area contributed by atoms with E-state index in [-0.39, 0.29) is 11.8 Å². The van der Waals surface area contributed by atoms with Gasteiger partial charge in [-0.1, -0.05) is 26.7 Å². The summed E-state index contributed by atoms with van der Waals surface area (Å²) in [6.07, 6.45) is 4.63. The zero-order chi connectivity index (χ0) is 11.5. The van der Waals surface area contributed by atoms with Gasteiger partial charge in [0, 0.05) is 0 Å². The fourth-order valence-corrected chi connectivity index (χ4v) is 3.15. The lowest BCUT2D eigenvalue weighted by atomic mass is 9.81. The van der Waals surface area contributed by atoms with Crippen LogP contribution in [-0.2, 0) is 4.79 Å². The maximum Gasteiger partial charge on any atom is 0.303 e. The van der Waals surface area contributed by atoms with Crippen LogP contribution in [0.1, 0.15) is 46.0 Å². The van der Waals surface area contributed by atoms with Crippen LogP contribution in [0.15, 0.2) is 0 Å². The van der Waals surface area contributed by atoms with Crippen LogP contribution in [0.5, 0.6) is 0 Å². The van der Waals surface area contributed by atoms with Crippen molar-refractivity contribution in [3.8, 4) is 0 Å². The molecule has 1 aliphatic carbocycles. The van der Waals surface area contributed by atoms with Crippen LogP contribution in [0.2, 0.25) is 0 Å². The Hall–Kier alpha value is -0.570. The molecule has 0 aromatic rings. The predicted octanol–water partition coefficient (Wildman–Crippen LogP) is 2.25. The lowest BCUT2D eigenvalue weighted by Crippen LogP contribution is -2.30. The zero-order valence-corrected chi connectivity index (χ0v) is 9.83. The van der Waals surface area contributed by atoms with Gasteiger partial charge >= 0.3 is 5.97 Å². The summed E-state index contributed by atoms with van der Waals surface area (Å²) < 4.78 is 0. The lowest BCUT2D eigenvalue weighted by molar-refractivity contribution is -0.139. The fraction of sp³-hybridized carbons (Fsp3) is 0.917. The van der Waals surface area contributed by atoms with Crippen LogP contribution < -0.4 is 5.73 Å². The molecule has 0 spiro atoms. The fourth-order valence-electron chi connectivity index (χ4n) is 3.15. The first-order valence-corrected chi connectivity index (χ1v) is 5.95. The SMILES string of the molecule is CCCC1CC(CN)(CC(=O)O)CC1C. The second kappa shape index (κ2) is 4.97. The molecule has 3 atom stereocenters. The highest BCUT2D eigenvalue weighted by molar-refractivity contribution is 5.67. The molecule has 15 heavy (non-hydrogen) atoms. The number of aliphatic carboxylic acids is 1. The molecule has 0 saturated heterocycles. The Morgan fingerprint density at radius 1 is 1.53 bits per heavy atom. The Morgan fingerprint density at radius 3 is 2.67 bits per heavy atom. The number of carboxylic acids is 1. The normalized spacial score (nSPS) is 35.7. The van der Waals surface area contributed by atoms with Crippen molar-refractivity contribution in [2.75, 3.05) is 6.54 Å². The van der Waals surface area contributed by atoms with E-state index in [9.17, 15) is 4.79 Å². The van der Waals surface area contributed by atoms with Crippen molar-refractivity contribution < 1.29 is 9.90 Å². The number of carboxylic acid groups (broad SMARTS) is 1. The minimum Gasteiger partial charge on any atom is -0.481 e. The van der Waals surface area contributed by atoms with Crippen molar-refractivity contribution >= 4 is 5.97 Å². The molecule has 1 fully saturated rings. The van der Waals surface area contributed by atoms with E-state index < -0.39 is 5.97 Å². The standard InChI is InChI=1S/C12H23NO2/c1-3-4-10-6-12(8-13,5-9(10)2)7-11(14)15/h9-10H,3-8,13H2,1-2H3,(H,14,15). The third kappa shape index (κ3) is 2.94. The van der Waals surface area contributed by atoms with Gasteiger partial charge in [-0.05, 0) is 36.6 Å². The number of rotatable bonds is 5. The molecule has 3 unspecified atom stereocenters. The van der Waals surface area contributed by atoms with E-state index in [1.807, 2.05) is 0 Å². The molecule has 3 N–H and O–H groups in total. The van der Waals surface area contributed by atoms with E-state index in [2.05, 4.69) is 13.8 Å². The molecule has 1 saturated carbocycles. The van der Waals surface area contributed by atoms with E-state index in [0.717, 1.165) is 12.8 Å². The summed E-state index contributed by atoms with van der Waals surface area (Å²) >= 11 is 0. The van der Waals surface area contributed by atoms with Crippen LogP contribution in [0.3, 0.4) is 0 Å². The zero-order valence-electron chi connectivity index (χ0n) is 9.83. The largest absolute Gasteiger partial charge is 0.481 e. The lowest BCUT2D eigenvalue weighted by Gasteiger charge is -2.25. The summed E-state index contributed by atoms with van der Waals surface area (Å²) in [4.78, 5) is 10.8. The minimum atomic E-state index is -0.704.